The third-order valence-electron chi connectivity index (χ3n) is 6.69. The van der Waals surface area contributed by atoms with Crippen molar-refractivity contribution in [2.24, 2.45) is 0 Å². The van der Waals surface area contributed by atoms with Crippen molar-refractivity contribution in [2.75, 3.05) is 0 Å². The van der Waals surface area contributed by atoms with E-state index in [-0.39, 0.29) is 11.2 Å². The predicted octanol–water partition coefficient (Wildman–Crippen LogP) is 7.17. The first kappa shape index (κ1) is 21.4. The molecule has 1 aliphatic carbocycles. The van der Waals surface area contributed by atoms with E-state index in [1.807, 2.05) is 23.7 Å². The molecule has 6 heteroatoms. The van der Waals surface area contributed by atoms with Gasteiger partial charge in [-0.25, -0.2) is 4.39 Å². The summed E-state index contributed by atoms with van der Waals surface area (Å²) in [5.74, 6) is 0.252. The van der Waals surface area contributed by atoms with Gasteiger partial charge in [-0.05, 0) is 55.0 Å². The number of fused-ring (bicyclic) bond motifs is 2. The summed E-state index contributed by atoms with van der Waals surface area (Å²) in [7, 11) is 0. The number of benzene rings is 2. The molecule has 1 saturated carbocycles. The number of nitrogens with one attached hydrogen (secondary N) is 1. The summed E-state index contributed by atoms with van der Waals surface area (Å²) in [4.78, 5) is 0. The molecule has 1 aliphatic rings. The van der Waals surface area contributed by atoms with Crippen LogP contribution in [0.25, 0.3) is 21.8 Å². The number of nitrogens with zero attached hydrogens (tertiary/aromatic N) is 3. The van der Waals surface area contributed by atoms with Crippen molar-refractivity contribution in [3.8, 4) is 0 Å². The highest BCUT2D eigenvalue weighted by Gasteiger charge is 2.35. The normalized spacial score (nSPS) is 15.2. The van der Waals surface area contributed by atoms with E-state index in [0.717, 1.165) is 62.2 Å². The molecule has 0 bridgehead atoms. The van der Waals surface area contributed by atoms with Crippen molar-refractivity contribution < 1.29 is 4.39 Å². The molecule has 0 amide bonds. The van der Waals surface area contributed by atoms with Crippen LogP contribution in [0.2, 0.25) is 5.02 Å². The van der Waals surface area contributed by atoms with Gasteiger partial charge < -0.3 is 0 Å². The zero-order valence-electron chi connectivity index (χ0n) is 19.6. The minimum Gasteiger partial charge on any atom is -0.278 e. The lowest BCUT2D eigenvalue weighted by molar-refractivity contribution is 0.401. The van der Waals surface area contributed by atoms with Gasteiger partial charge in [-0.3, -0.25) is 9.78 Å². The number of aromatic amines is 1. The zero-order valence-corrected chi connectivity index (χ0v) is 20.4. The van der Waals surface area contributed by atoms with Crippen LogP contribution in [0.4, 0.5) is 4.39 Å². The molecular weight excluding hydrogens is 423 g/mol. The van der Waals surface area contributed by atoms with Gasteiger partial charge in [-0.2, -0.15) is 10.2 Å². The lowest BCUT2D eigenvalue weighted by Gasteiger charge is -2.27. The van der Waals surface area contributed by atoms with Gasteiger partial charge >= 0.3 is 0 Å². The number of hydrogen-bond acceptors (Lipinski definition) is 2. The van der Waals surface area contributed by atoms with Crippen LogP contribution in [0.3, 0.4) is 0 Å². The Morgan fingerprint density at radius 2 is 1.78 bits per heavy atom. The van der Waals surface area contributed by atoms with E-state index in [9.17, 15) is 0 Å². The third kappa shape index (κ3) is 3.33. The highest BCUT2D eigenvalue weighted by atomic mass is 35.5. The molecule has 1 fully saturated rings. The number of aryl methyl sites for hydroxylation is 1. The van der Waals surface area contributed by atoms with Crippen LogP contribution in [0, 0.1) is 12.7 Å². The number of H-pyrrole nitrogens is 1. The molecular formula is C26H30ClFN4. The van der Waals surface area contributed by atoms with Gasteiger partial charge in [0.15, 0.2) is 0 Å². The Kier molecular flexibility index (Phi) is 4.72. The lowest BCUT2D eigenvalue weighted by atomic mass is 9.81. The Morgan fingerprint density at radius 3 is 2.44 bits per heavy atom. The SMILES string of the molecule is Cc1nn(CC(C)(C)c2c(F)ccc3[nH]nc(C4CC4)c23)c2ccc(Cl)c(C(C)(C)C)c12. The summed E-state index contributed by atoms with van der Waals surface area (Å²) < 4.78 is 17.4. The number of aromatic nitrogens is 4. The van der Waals surface area contributed by atoms with Crippen molar-refractivity contribution >= 4 is 33.4 Å². The molecule has 0 radical (unpaired) electrons. The Bertz CT molecular complexity index is 1350. The molecule has 2 aromatic heterocycles. The fraction of sp³-hybridized carbons (Fsp3) is 0.462. The predicted molar refractivity (Wildman–Crippen MR) is 129 cm³/mol. The summed E-state index contributed by atoms with van der Waals surface area (Å²) in [6.07, 6.45) is 2.24. The van der Waals surface area contributed by atoms with Crippen molar-refractivity contribution in [2.45, 2.75) is 77.7 Å². The lowest BCUT2D eigenvalue weighted by Crippen LogP contribution is -2.27. The molecule has 0 saturated heterocycles. The van der Waals surface area contributed by atoms with E-state index in [1.165, 1.54) is 0 Å². The van der Waals surface area contributed by atoms with E-state index < -0.39 is 5.41 Å². The summed E-state index contributed by atoms with van der Waals surface area (Å²) in [6, 6.07) is 7.34. The largest absolute Gasteiger partial charge is 0.278 e. The first-order valence-electron chi connectivity index (χ1n) is 11.3. The van der Waals surface area contributed by atoms with Gasteiger partial charge in [0.05, 0.1) is 29.0 Å². The first-order chi connectivity index (χ1) is 15.0. The van der Waals surface area contributed by atoms with Gasteiger partial charge in [0, 0.05) is 32.7 Å². The quantitative estimate of drug-likeness (QED) is 0.357. The van der Waals surface area contributed by atoms with Crippen molar-refractivity contribution in [1.29, 1.82) is 0 Å². The highest BCUT2D eigenvalue weighted by molar-refractivity contribution is 6.32. The topological polar surface area (TPSA) is 46.5 Å². The van der Waals surface area contributed by atoms with E-state index in [4.69, 9.17) is 16.7 Å². The highest BCUT2D eigenvalue weighted by Crippen LogP contribution is 2.45. The smallest absolute Gasteiger partial charge is 0.127 e. The van der Waals surface area contributed by atoms with Crippen molar-refractivity contribution in [3.63, 3.8) is 0 Å². The first-order valence-corrected chi connectivity index (χ1v) is 11.7. The minimum atomic E-state index is -0.496. The maximum Gasteiger partial charge on any atom is 0.127 e. The summed E-state index contributed by atoms with van der Waals surface area (Å²) in [5, 5.41) is 15.4. The van der Waals surface area contributed by atoms with Crippen LogP contribution in [0.5, 0.6) is 0 Å². The van der Waals surface area contributed by atoms with Crippen LogP contribution in [-0.4, -0.2) is 20.0 Å². The Morgan fingerprint density at radius 1 is 1.06 bits per heavy atom. The molecule has 5 rings (SSSR count). The maximum absolute atomic E-state index is 15.4. The average molecular weight is 453 g/mol. The monoisotopic (exact) mass is 452 g/mol. The standard InChI is InChI=1S/C26H30ClFN4/c1-14-20-19(12-9-16(27)22(20)25(2,3)4)32(31-14)13-26(5,6)23-17(28)10-11-18-21(23)24(30-29-18)15-7-8-15/h9-12,15H,7-8,13H2,1-6H3,(H,29,30). The number of hydrogen-bond donors (Lipinski definition) is 1. The Balaban J connectivity index is 1.67. The molecule has 2 aromatic carbocycles. The fourth-order valence-electron chi connectivity index (χ4n) is 5.17. The van der Waals surface area contributed by atoms with Gasteiger partial charge in [0.1, 0.15) is 5.82 Å². The van der Waals surface area contributed by atoms with E-state index in [0.29, 0.717) is 12.5 Å². The molecule has 1 N–H and O–H groups in total. The Labute approximate surface area is 193 Å². The van der Waals surface area contributed by atoms with Gasteiger partial charge in [0.2, 0.25) is 0 Å². The van der Waals surface area contributed by atoms with Crippen LogP contribution < -0.4 is 0 Å². The molecule has 4 aromatic rings. The third-order valence-corrected chi connectivity index (χ3v) is 7.00. The Hall–Kier alpha value is -2.40. The van der Waals surface area contributed by atoms with E-state index in [2.05, 4.69) is 44.8 Å². The molecule has 168 valence electrons. The zero-order chi connectivity index (χ0) is 23.0. The van der Waals surface area contributed by atoms with Crippen LogP contribution >= 0.6 is 11.6 Å². The van der Waals surface area contributed by atoms with Crippen molar-refractivity contribution in [3.05, 3.63) is 57.6 Å². The molecule has 0 aliphatic heterocycles. The molecule has 0 spiro atoms. The van der Waals surface area contributed by atoms with E-state index >= 15 is 4.39 Å². The number of rotatable bonds is 4. The summed E-state index contributed by atoms with van der Waals surface area (Å²) in [5.41, 5.74) is 5.11. The average Bonchev–Trinajstić information content (AvgIpc) is 3.37. The van der Waals surface area contributed by atoms with Gasteiger partial charge in [-0.15, -0.1) is 0 Å². The molecule has 0 unspecified atom stereocenters. The second-order valence-electron chi connectivity index (χ2n) is 10.9. The van der Waals surface area contributed by atoms with E-state index in [1.54, 1.807) is 12.1 Å². The molecule has 4 nitrogen and oxygen atoms in total. The number of halogens is 2. The second kappa shape index (κ2) is 7.05. The summed E-state index contributed by atoms with van der Waals surface area (Å²) >= 11 is 6.63. The van der Waals surface area contributed by atoms with Crippen LogP contribution in [-0.2, 0) is 17.4 Å². The minimum absolute atomic E-state index is 0.113. The molecule has 32 heavy (non-hydrogen) atoms. The van der Waals surface area contributed by atoms with Gasteiger partial charge in [-0.1, -0.05) is 46.2 Å². The van der Waals surface area contributed by atoms with Crippen LogP contribution in [0.15, 0.2) is 24.3 Å². The maximum atomic E-state index is 15.4. The summed E-state index contributed by atoms with van der Waals surface area (Å²) in [6.45, 7) is 13.3. The molecule has 2 heterocycles. The van der Waals surface area contributed by atoms with Gasteiger partial charge in [0.25, 0.3) is 0 Å². The second-order valence-corrected chi connectivity index (χ2v) is 11.3. The van der Waals surface area contributed by atoms with Crippen LogP contribution in [0.1, 0.15) is 75.9 Å². The molecule has 0 atom stereocenters. The fourth-order valence-corrected chi connectivity index (χ4v) is 5.61. The van der Waals surface area contributed by atoms with Crippen molar-refractivity contribution in [1.82, 2.24) is 20.0 Å².